The summed E-state index contributed by atoms with van der Waals surface area (Å²) in [6.07, 6.45) is 6.26. The average molecular weight is 341 g/mol. The Morgan fingerprint density at radius 3 is 2.84 bits per heavy atom. The van der Waals surface area contributed by atoms with Gasteiger partial charge in [0.15, 0.2) is 0 Å². The maximum Gasteiger partial charge on any atom is 0.135 e. The Bertz CT molecular complexity index is 652. The third kappa shape index (κ3) is 4.48. The molecular weight excluding hydrogens is 314 g/mol. The molecule has 0 aliphatic carbocycles. The number of likely N-dealkylation sites (tertiary alicyclic amines) is 1. The largest absolute Gasteiger partial charge is 0.460 e. The van der Waals surface area contributed by atoms with Crippen LogP contribution < -0.4 is 0 Å². The number of hydrogen-bond acceptors (Lipinski definition) is 5. The lowest BCUT2D eigenvalue weighted by Gasteiger charge is -2.36. The Labute approximate surface area is 149 Å². The first-order valence-corrected chi connectivity index (χ1v) is 9.38. The Hall–Kier alpha value is -1.69. The molecule has 4 heterocycles. The lowest BCUT2D eigenvalue weighted by Crippen LogP contribution is -2.44. The quantitative estimate of drug-likeness (QED) is 0.836. The van der Waals surface area contributed by atoms with E-state index in [4.69, 9.17) is 9.15 Å². The number of aromatic nitrogens is 1. The Kier molecular flexibility index (Phi) is 5.45. The molecule has 1 unspecified atom stereocenters. The number of furan rings is 1. The van der Waals surface area contributed by atoms with Crippen molar-refractivity contribution in [1.29, 1.82) is 0 Å². The van der Waals surface area contributed by atoms with Crippen molar-refractivity contribution in [2.45, 2.75) is 19.4 Å². The van der Waals surface area contributed by atoms with Gasteiger partial charge < -0.3 is 9.15 Å². The predicted octanol–water partition coefficient (Wildman–Crippen LogP) is 2.89. The van der Waals surface area contributed by atoms with Crippen molar-refractivity contribution in [2.75, 3.05) is 45.9 Å². The van der Waals surface area contributed by atoms with Crippen LogP contribution in [0.25, 0.3) is 11.3 Å². The zero-order valence-corrected chi connectivity index (χ0v) is 14.8. The summed E-state index contributed by atoms with van der Waals surface area (Å²) in [5.41, 5.74) is 1.04. The van der Waals surface area contributed by atoms with Gasteiger partial charge in [-0.3, -0.25) is 14.8 Å². The normalized spacial score (nSPS) is 23.0. The van der Waals surface area contributed by atoms with E-state index in [-0.39, 0.29) is 0 Å². The molecule has 0 spiro atoms. The molecular formula is C20H27N3O2. The van der Waals surface area contributed by atoms with E-state index in [9.17, 15) is 0 Å². The third-order valence-corrected chi connectivity index (χ3v) is 5.21. The number of piperidine rings is 1. The van der Waals surface area contributed by atoms with Crippen molar-refractivity contribution in [1.82, 2.24) is 14.8 Å². The van der Waals surface area contributed by atoms with Crippen molar-refractivity contribution in [3.8, 4) is 11.3 Å². The molecule has 0 amide bonds. The van der Waals surface area contributed by atoms with Crippen LogP contribution in [0.5, 0.6) is 0 Å². The van der Waals surface area contributed by atoms with E-state index in [2.05, 4.69) is 26.9 Å². The van der Waals surface area contributed by atoms with Gasteiger partial charge in [-0.25, -0.2) is 0 Å². The number of pyridine rings is 1. The summed E-state index contributed by atoms with van der Waals surface area (Å²) in [5, 5.41) is 0. The van der Waals surface area contributed by atoms with Gasteiger partial charge in [-0.15, -0.1) is 0 Å². The third-order valence-electron chi connectivity index (χ3n) is 5.21. The molecule has 25 heavy (non-hydrogen) atoms. The minimum atomic E-state index is 0.764. The van der Waals surface area contributed by atoms with E-state index in [0.29, 0.717) is 0 Å². The first-order chi connectivity index (χ1) is 12.4. The molecule has 2 aliphatic rings. The average Bonchev–Trinajstić information content (AvgIpc) is 3.12. The Balaban J connectivity index is 1.32. The molecule has 5 nitrogen and oxygen atoms in total. The number of hydrogen-bond donors (Lipinski definition) is 0. The van der Waals surface area contributed by atoms with Crippen LogP contribution in [0.4, 0.5) is 0 Å². The summed E-state index contributed by atoms with van der Waals surface area (Å²) >= 11 is 0. The molecule has 2 aromatic rings. The van der Waals surface area contributed by atoms with Gasteiger partial charge in [0.2, 0.25) is 0 Å². The van der Waals surface area contributed by atoms with Crippen LogP contribution in [0.3, 0.4) is 0 Å². The lowest BCUT2D eigenvalue weighted by molar-refractivity contribution is 0.0220. The summed E-state index contributed by atoms with van der Waals surface area (Å²) in [7, 11) is 0. The fraction of sp³-hybridized carbons (Fsp3) is 0.550. The van der Waals surface area contributed by atoms with Crippen LogP contribution in [-0.4, -0.2) is 60.7 Å². The van der Waals surface area contributed by atoms with Crippen molar-refractivity contribution in [3.63, 3.8) is 0 Å². The molecule has 0 aromatic carbocycles. The molecule has 134 valence electrons. The second-order valence-corrected chi connectivity index (χ2v) is 7.16. The molecule has 0 N–H and O–H groups in total. The molecule has 0 radical (unpaired) electrons. The molecule has 5 heteroatoms. The van der Waals surface area contributed by atoms with Crippen LogP contribution >= 0.6 is 0 Å². The van der Waals surface area contributed by atoms with Crippen molar-refractivity contribution in [3.05, 3.63) is 42.4 Å². The maximum atomic E-state index is 6.05. The van der Waals surface area contributed by atoms with Gasteiger partial charge >= 0.3 is 0 Å². The number of ether oxygens (including phenoxy) is 1. The first kappa shape index (κ1) is 16.8. The Morgan fingerprint density at radius 1 is 1.08 bits per heavy atom. The highest BCUT2D eigenvalue weighted by molar-refractivity contribution is 5.55. The van der Waals surface area contributed by atoms with Crippen LogP contribution in [-0.2, 0) is 11.3 Å². The smallest absolute Gasteiger partial charge is 0.135 e. The monoisotopic (exact) mass is 341 g/mol. The van der Waals surface area contributed by atoms with E-state index < -0.39 is 0 Å². The molecule has 1 atom stereocenters. The molecule has 2 saturated heterocycles. The number of rotatable bonds is 5. The molecule has 2 aliphatic heterocycles. The zero-order chi connectivity index (χ0) is 16.9. The molecule has 2 fully saturated rings. The number of nitrogens with zero attached hydrogens (tertiary/aromatic N) is 3. The van der Waals surface area contributed by atoms with E-state index in [0.717, 1.165) is 55.8 Å². The van der Waals surface area contributed by atoms with Gasteiger partial charge in [0.25, 0.3) is 0 Å². The standard InChI is InChI=1S/C20H27N3O2/c1-4-18(13-21-7-1)20-6-5-19(25-20)16-23-8-2-3-17(15-23)14-22-9-11-24-12-10-22/h1,4-7,13,17H,2-3,8-12,14-16H2. The number of morpholine rings is 1. The summed E-state index contributed by atoms with van der Waals surface area (Å²) in [6.45, 7) is 8.40. The second-order valence-electron chi connectivity index (χ2n) is 7.16. The molecule has 4 rings (SSSR count). The fourth-order valence-corrected chi connectivity index (χ4v) is 3.94. The second kappa shape index (κ2) is 8.13. The predicted molar refractivity (Wildman–Crippen MR) is 97.2 cm³/mol. The van der Waals surface area contributed by atoms with Gasteiger partial charge in [0, 0.05) is 44.1 Å². The molecule has 0 bridgehead atoms. The van der Waals surface area contributed by atoms with Crippen molar-refractivity contribution < 1.29 is 9.15 Å². The van der Waals surface area contributed by atoms with Crippen molar-refractivity contribution >= 4 is 0 Å². The minimum Gasteiger partial charge on any atom is -0.460 e. The lowest BCUT2D eigenvalue weighted by atomic mass is 9.97. The van der Waals surface area contributed by atoms with Crippen LogP contribution in [0.1, 0.15) is 18.6 Å². The van der Waals surface area contributed by atoms with E-state index in [1.807, 2.05) is 18.3 Å². The maximum absolute atomic E-state index is 6.05. The topological polar surface area (TPSA) is 41.7 Å². The summed E-state index contributed by atoms with van der Waals surface area (Å²) < 4.78 is 11.5. The highest BCUT2D eigenvalue weighted by atomic mass is 16.5. The van der Waals surface area contributed by atoms with Crippen molar-refractivity contribution in [2.24, 2.45) is 5.92 Å². The van der Waals surface area contributed by atoms with Gasteiger partial charge in [-0.1, -0.05) is 0 Å². The van der Waals surface area contributed by atoms with Gasteiger partial charge in [-0.05, 0) is 49.6 Å². The summed E-state index contributed by atoms with van der Waals surface area (Å²) in [6, 6.07) is 8.14. The molecule has 2 aromatic heterocycles. The van der Waals surface area contributed by atoms with Crippen LogP contribution in [0, 0.1) is 5.92 Å². The SMILES string of the molecule is c1cncc(-c2ccc(CN3CCCC(CN4CCOCC4)C3)o2)c1. The van der Waals surface area contributed by atoms with E-state index >= 15 is 0 Å². The van der Waals surface area contributed by atoms with Crippen LogP contribution in [0.15, 0.2) is 41.1 Å². The van der Waals surface area contributed by atoms with Crippen LogP contribution in [0.2, 0.25) is 0 Å². The summed E-state index contributed by atoms with van der Waals surface area (Å²) in [4.78, 5) is 9.27. The summed E-state index contributed by atoms with van der Waals surface area (Å²) in [5.74, 6) is 2.72. The highest BCUT2D eigenvalue weighted by Crippen LogP contribution is 2.24. The van der Waals surface area contributed by atoms with Gasteiger partial charge in [0.05, 0.1) is 19.8 Å². The molecule has 0 saturated carbocycles. The first-order valence-electron chi connectivity index (χ1n) is 9.38. The van der Waals surface area contributed by atoms with Gasteiger partial charge in [0.1, 0.15) is 11.5 Å². The van der Waals surface area contributed by atoms with E-state index in [1.54, 1.807) is 6.20 Å². The van der Waals surface area contributed by atoms with E-state index in [1.165, 1.54) is 32.5 Å². The zero-order valence-electron chi connectivity index (χ0n) is 14.8. The highest BCUT2D eigenvalue weighted by Gasteiger charge is 2.23. The Morgan fingerprint density at radius 2 is 2.00 bits per heavy atom. The van der Waals surface area contributed by atoms with Gasteiger partial charge in [-0.2, -0.15) is 0 Å². The minimum absolute atomic E-state index is 0.764. The fourth-order valence-electron chi connectivity index (χ4n) is 3.94.